The van der Waals surface area contributed by atoms with Crippen LogP contribution in [0.3, 0.4) is 0 Å². The zero-order valence-electron chi connectivity index (χ0n) is 29.9. The van der Waals surface area contributed by atoms with E-state index >= 15 is 0 Å². The number of nitrogens with zero attached hydrogens (tertiary/aromatic N) is 2. The quantitative estimate of drug-likeness (QED) is 0.166. The SMILES string of the molecule is c1ccc(N(c2ccc(-c3cccc4c3sc3ccccc34)cc2)c2ccc(-c3ccc4c(c3)c3ccccc3n4-c3ccccc3)c3ccccc23)cc1. The highest BCUT2D eigenvalue weighted by Gasteiger charge is 2.19. The van der Waals surface area contributed by atoms with Crippen molar-refractivity contribution in [3.63, 3.8) is 0 Å². The number of aromatic nitrogens is 1. The highest BCUT2D eigenvalue weighted by Crippen LogP contribution is 2.45. The summed E-state index contributed by atoms with van der Waals surface area (Å²) >= 11 is 1.88. The number of fused-ring (bicyclic) bond motifs is 7. The number of anilines is 3. The molecular formula is C52H34N2S. The minimum atomic E-state index is 1.12. The maximum atomic E-state index is 2.40. The highest BCUT2D eigenvalue weighted by molar-refractivity contribution is 7.26. The maximum Gasteiger partial charge on any atom is 0.0541 e. The molecule has 0 amide bonds. The van der Waals surface area contributed by atoms with Crippen LogP contribution in [0.2, 0.25) is 0 Å². The Balaban J connectivity index is 1.04. The van der Waals surface area contributed by atoms with Crippen LogP contribution in [-0.4, -0.2) is 4.57 Å². The van der Waals surface area contributed by atoms with Gasteiger partial charge in [0.25, 0.3) is 0 Å². The van der Waals surface area contributed by atoms with Gasteiger partial charge in [0.15, 0.2) is 0 Å². The molecule has 0 spiro atoms. The largest absolute Gasteiger partial charge is 0.310 e. The van der Waals surface area contributed by atoms with Gasteiger partial charge in [-0.05, 0) is 94.4 Å². The number of rotatable bonds is 6. The molecular weight excluding hydrogens is 685 g/mol. The minimum absolute atomic E-state index is 1.12. The summed E-state index contributed by atoms with van der Waals surface area (Å²) in [5.74, 6) is 0. The molecule has 258 valence electrons. The molecule has 11 rings (SSSR count). The van der Waals surface area contributed by atoms with Crippen molar-refractivity contribution in [2.45, 2.75) is 0 Å². The first-order valence-corrected chi connectivity index (χ1v) is 19.6. The van der Waals surface area contributed by atoms with Crippen molar-refractivity contribution < 1.29 is 0 Å². The molecule has 0 bridgehead atoms. The van der Waals surface area contributed by atoms with Gasteiger partial charge in [0.2, 0.25) is 0 Å². The van der Waals surface area contributed by atoms with E-state index in [1.807, 2.05) is 11.3 Å². The van der Waals surface area contributed by atoms with E-state index < -0.39 is 0 Å². The highest BCUT2D eigenvalue weighted by atomic mass is 32.1. The second kappa shape index (κ2) is 12.9. The fourth-order valence-electron chi connectivity index (χ4n) is 8.49. The zero-order chi connectivity index (χ0) is 36.3. The van der Waals surface area contributed by atoms with Crippen molar-refractivity contribution in [3.05, 3.63) is 206 Å². The topological polar surface area (TPSA) is 8.17 Å². The first-order chi connectivity index (χ1) is 27.3. The summed E-state index contributed by atoms with van der Waals surface area (Å²) in [5.41, 5.74) is 11.9. The van der Waals surface area contributed by atoms with Gasteiger partial charge in [-0.1, -0.05) is 140 Å². The molecule has 0 fully saturated rings. The van der Waals surface area contributed by atoms with Crippen LogP contribution in [0.25, 0.3) is 80.7 Å². The van der Waals surface area contributed by atoms with Crippen LogP contribution in [0.5, 0.6) is 0 Å². The Kier molecular flexibility index (Phi) is 7.39. The lowest BCUT2D eigenvalue weighted by atomic mass is 9.95. The summed E-state index contributed by atoms with van der Waals surface area (Å²) in [5, 5.41) is 7.58. The summed E-state index contributed by atoms with van der Waals surface area (Å²) in [7, 11) is 0. The zero-order valence-corrected chi connectivity index (χ0v) is 30.7. The molecule has 0 aliphatic carbocycles. The van der Waals surface area contributed by atoms with E-state index in [4.69, 9.17) is 0 Å². The molecule has 0 atom stereocenters. The summed E-state index contributed by atoms with van der Waals surface area (Å²) < 4.78 is 5.04. The number of para-hydroxylation sites is 3. The van der Waals surface area contributed by atoms with E-state index in [-0.39, 0.29) is 0 Å². The molecule has 0 saturated heterocycles. The van der Waals surface area contributed by atoms with E-state index in [0.29, 0.717) is 0 Å². The minimum Gasteiger partial charge on any atom is -0.310 e. The molecule has 0 saturated carbocycles. The molecule has 0 radical (unpaired) electrons. The fourth-order valence-corrected chi connectivity index (χ4v) is 9.73. The number of hydrogen-bond donors (Lipinski definition) is 0. The fraction of sp³-hybridized carbons (Fsp3) is 0. The van der Waals surface area contributed by atoms with E-state index in [9.17, 15) is 0 Å². The normalized spacial score (nSPS) is 11.6. The van der Waals surface area contributed by atoms with Crippen LogP contribution in [0.1, 0.15) is 0 Å². The summed E-state index contributed by atoms with van der Waals surface area (Å²) in [6, 6.07) is 75.1. The van der Waals surface area contributed by atoms with Crippen LogP contribution in [-0.2, 0) is 0 Å². The van der Waals surface area contributed by atoms with Gasteiger partial charge in [-0.25, -0.2) is 0 Å². The van der Waals surface area contributed by atoms with Gasteiger partial charge in [-0.3, -0.25) is 0 Å². The van der Waals surface area contributed by atoms with Gasteiger partial charge in [0.1, 0.15) is 0 Å². The van der Waals surface area contributed by atoms with Crippen molar-refractivity contribution >= 4 is 81.1 Å². The Morgan fingerprint density at radius 2 is 0.982 bits per heavy atom. The molecule has 0 aliphatic rings. The third kappa shape index (κ3) is 5.16. The number of benzene rings is 9. The first kappa shape index (κ1) is 31.6. The van der Waals surface area contributed by atoms with E-state index in [1.54, 1.807) is 0 Å². The van der Waals surface area contributed by atoms with Gasteiger partial charge < -0.3 is 9.47 Å². The Morgan fingerprint density at radius 1 is 0.364 bits per heavy atom. The molecule has 2 nitrogen and oxygen atoms in total. The summed E-state index contributed by atoms with van der Waals surface area (Å²) in [6.07, 6.45) is 0. The van der Waals surface area contributed by atoms with Gasteiger partial charge in [-0.15, -0.1) is 11.3 Å². The van der Waals surface area contributed by atoms with Gasteiger partial charge in [0, 0.05) is 53.4 Å². The first-order valence-electron chi connectivity index (χ1n) is 18.8. The van der Waals surface area contributed by atoms with Crippen LogP contribution < -0.4 is 4.90 Å². The van der Waals surface area contributed by atoms with Crippen molar-refractivity contribution in [3.8, 4) is 27.9 Å². The lowest BCUT2D eigenvalue weighted by Crippen LogP contribution is -2.10. The van der Waals surface area contributed by atoms with E-state index in [2.05, 4.69) is 216 Å². The van der Waals surface area contributed by atoms with Crippen molar-refractivity contribution in [2.75, 3.05) is 4.90 Å². The van der Waals surface area contributed by atoms with Crippen molar-refractivity contribution in [1.29, 1.82) is 0 Å². The van der Waals surface area contributed by atoms with Crippen molar-refractivity contribution in [2.24, 2.45) is 0 Å². The molecule has 0 aliphatic heterocycles. The van der Waals surface area contributed by atoms with Crippen LogP contribution in [0, 0.1) is 0 Å². The number of thiophene rings is 1. The van der Waals surface area contributed by atoms with Gasteiger partial charge in [-0.2, -0.15) is 0 Å². The summed E-state index contributed by atoms with van der Waals surface area (Å²) in [6.45, 7) is 0. The second-order valence-corrected chi connectivity index (χ2v) is 15.1. The van der Waals surface area contributed by atoms with Gasteiger partial charge in [0.05, 0.1) is 16.7 Å². The smallest absolute Gasteiger partial charge is 0.0541 e. The van der Waals surface area contributed by atoms with Gasteiger partial charge >= 0.3 is 0 Å². The Morgan fingerprint density at radius 3 is 1.80 bits per heavy atom. The lowest BCUT2D eigenvalue weighted by molar-refractivity contribution is 1.18. The predicted octanol–water partition coefficient (Wildman–Crippen LogP) is 15.1. The Labute approximate surface area is 323 Å². The Bertz CT molecular complexity index is 3190. The molecule has 9 aromatic carbocycles. The predicted molar refractivity (Wildman–Crippen MR) is 237 cm³/mol. The molecule has 0 N–H and O–H groups in total. The van der Waals surface area contributed by atoms with E-state index in [1.165, 1.54) is 80.7 Å². The summed E-state index contributed by atoms with van der Waals surface area (Å²) in [4.78, 5) is 2.40. The molecule has 2 heterocycles. The third-order valence-electron chi connectivity index (χ3n) is 11.0. The lowest BCUT2D eigenvalue weighted by Gasteiger charge is -2.27. The molecule has 11 aromatic rings. The molecule has 0 unspecified atom stereocenters. The third-order valence-corrected chi connectivity index (χ3v) is 12.2. The second-order valence-electron chi connectivity index (χ2n) is 14.1. The molecule has 3 heteroatoms. The van der Waals surface area contributed by atoms with Crippen molar-refractivity contribution in [1.82, 2.24) is 4.57 Å². The number of hydrogen-bond acceptors (Lipinski definition) is 2. The molecule has 55 heavy (non-hydrogen) atoms. The van der Waals surface area contributed by atoms with Crippen LogP contribution in [0.4, 0.5) is 17.1 Å². The van der Waals surface area contributed by atoms with Crippen LogP contribution >= 0.6 is 11.3 Å². The monoisotopic (exact) mass is 718 g/mol. The molecule has 2 aromatic heterocycles. The van der Waals surface area contributed by atoms with E-state index in [0.717, 1.165) is 17.1 Å². The average Bonchev–Trinajstić information content (AvgIpc) is 3.80. The maximum absolute atomic E-state index is 2.40. The average molecular weight is 719 g/mol. The standard InChI is InChI=1S/C52H34N2S/c1-3-14-37(15-4-1)53(39-29-26-35(27-30-39)41-22-13-23-46-45-21-10-12-25-51(45)55-52(41)46)49-33-31-40(42-18-7-8-19-43(42)49)36-28-32-50-47(34-36)44-20-9-11-24-48(44)54(50)38-16-5-2-6-17-38/h1-34H. The Hall–Kier alpha value is -6.94. The van der Waals surface area contributed by atoms with Crippen LogP contribution in [0.15, 0.2) is 206 Å².